The van der Waals surface area contributed by atoms with Crippen molar-refractivity contribution in [3.8, 4) is 0 Å². The number of hydrogen-bond donors (Lipinski definition) is 1. The largest absolute Gasteiger partial charge is 0.452 e. The fraction of sp³-hybridized carbons (Fsp3) is 0.125. The van der Waals surface area contributed by atoms with E-state index in [0.29, 0.717) is 12.2 Å². The van der Waals surface area contributed by atoms with Gasteiger partial charge in [-0.15, -0.1) is 5.10 Å². The van der Waals surface area contributed by atoms with Gasteiger partial charge in [-0.3, -0.25) is 4.79 Å². The first kappa shape index (κ1) is 14.7. The Morgan fingerprint density at radius 3 is 2.70 bits per heavy atom. The molecule has 0 atom stereocenters. The number of H-pyrrole nitrogens is 1. The third-order valence-corrected chi connectivity index (χ3v) is 3.17. The normalized spacial score (nSPS) is 10.4. The molecule has 0 bridgehead atoms. The van der Waals surface area contributed by atoms with Crippen molar-refractivity contribution in [1.29, 1.82) is 0 Å². The summed E-state index contributed by atoms with van der Waals surface area (Å²) < 4.78 is 6.49. The molecule has 0 radical (unpaired) electrons. The maximum absolute atomic E-state index is 11.9. The molecule has 0 spiro atoms. The van der Waals surface area contributed by atoms with Crippen LogP contribution in [0, 0.1) is 0 Å². The lowest BCUT2D eigenvalue weighted by Gasteiger charge is -2.01. The van der Waals surface area contributed by atoms with Gasteiger partial charge in [0.1, 0.15) is 0 Å². The quantitative estimate of drug-likeness (QED) is 0.553. The van der Waals surface area contributed by atoms with Crippen LogP contribution in [0.3, 0.4) is 0 Å². The molecule has 0 amide bonds. The molecule has 0 aliphatic rings. The van der Waals surface area contributed by atoms with Crippen LogP contribution in [0.15, 0.2) is 54.9 Å². The predicted octanol–water partition coefficient (Wildman–Crippen LogP) is 1.69. The molecule has 0 aliphatic heterocycles. The summed E-state index contributed by atoms with van der Waals surface area (Å²) in [6.07, 6.45) is 3.12. The molecule has 3 aromatic rings. The Morgan fingerprint density at radius 1 is 1.13 bits per heavy atom. The van der Waals surface area contributed by atoms with Crippen LogP contribution in [0.4, 0.5) is 0 Å². The lowest BCUT2D eigenvalue weighted by atomic mass is 10.2. The highest BCUT2D eigenvalue weighted by Crippen LogP contribution is 2.04. The summed E-state index contributed by atoms with van der Waals surface area (Å²) in [6, 6.07) is 13.0. The molecular formula is C16H14N4O3. The van der Waals surface area contributed by atoms with Crippen LogP contribution in [0.5, 0.6) is 0 Å². The van der Waals surface area contributed by atoms with E-state index >= 15 is 0 Å². The second-order valence-electron chi connectivity index (χ2n) is 4.87. The number of nitrogens with zero attached hydrogens (tertiary/aromatic N) is 3. The van der Waals surface area contributed by atoms with Crippen molar-refractivity contribution in [2.24, 2.45) is 0 Å². The van der Waals surface area contributed by atoms with Gasteiger partial charge in [-0.05, 0) is 17.7 Å². The van der Waals surface area contributed by atoms with E-state index < -0.39 is 5.97 Å². The summed E-state index contributed by atoms with van der Waals surface area (Å²) in [7, 11) is 0. The highest BCUT2D eigenvalue weighted by molar-refractivity contribution is 5.97. The Labute approximate surface area is 131 Å². The summed E-state index contributed by atoms with van der Waals surface area (Å²) in [5, 5.41) is 7.66. The van der Waals surface area contributed by atoms with Crippen LogP contribution in [-0.4, -0.2) is 38.3 Å². The van der Waals surface area contributed by atoms with Crippen molar-refractivity contribution in [1.82, 2.24) is 20.0 Å². The number of carbonyl (C=O) groups excluding carboxylic acids is 2. The van der Waals surface area contributed by atoms with E-state index in [-0.39, 0.29) is 18.1 Å². The van der Waals surface area contributed by atoms with Crippen LogP contribution in [-0.2, 0) is 11.3 Å². The molecule has 1 aromatic carbocycles. The number of nitrogens with one attached hydrogen (secondary N) is 1. The summed E-state index contributed by atoms with van der Waals surface area (Å²) >= 11 is 0. The van der Waals surface area contributed by atoms with Crippen LogP contribution < -0.4 is 0 Å². The van der Waals surface area contributed by atoms with Gasteiger partial charge in [0.2, 0.25) is 5.78 Å². The standard InChI is InChI=1S/C16H14N4O3/c21-15(13-7-4-8-17-13)11-23-16(22)14-10-20(19-18-14)9-12-5-2-1-3-6-12/h1-8,10,17H,9,11H2. The zero-order chi connectivity index (χ0) is 16.1. The highest BCUT2D eigenvalue weighted by atomic mass is 16.5. The lowest BCUT2D eigenvalue weighted by molar-refractivity contribution is 0.0467. The molecular weight excluding hydrogens is 296 g/mol. The average Bonchev–Trinajstić information content (AvgIpc) is 3.25. The zero-order valence-electron chi connectivity index (χ0n) is 12.2. The minimum atomic E-state index is -0.677. The van der Waals surface area contributed by atoms with Crippen molar-refractivity contribution in [2.45, 2.75) is 6.54 Å². The number of aromatic nitrogens is 4. The third-order valence-electron chi connectivity index (χ3n) is 3.17. The molecule has 2 heterocycles. The van der Waals surface area contributed by atoms with Crippen LogP contribution in [0.1, 0.15) is 26.5 Å². The molecule has 2 aromatic heterocycles. The molecule has 0 saturated carbocycles. The average molecular weight is 310 g/mol. The molecule has 23 heavy (non-hydrogen) atoms. The van der Waals surface area contributed by atoms with E-state index in [1.165, 1.54) is 6.20 Å². The first-order chi connectivity index (χ1) is 11.2. The van der Waals surface area contributed by atoms with Gasteiger partial charge in [-0.25, -0.2) is 9.48 Å². The fourth-order valence-corrected chi connectivity index (χ4v) is 2.03. The molecule has 116 valence electrons. The van der Waals surface area contributed by atoms with Gasteiger partial charge in [0.25, 0.3) is 0 Å². The van der Waals surface area contributed by atoms with Gasteiger partial charge >= 0.3 is 5.97 Å². The van der Waals surface area contributed by atoms with Crippen molar-refractivity contribution in [3.05, 3.63) is 71.8 Å². The van der Waals surface area contributed by atoms with Crippen LogP contribution >= 0.6 is 0 Å². The molecule has 7 heteroatoms. The molecule has 0 aliphatic carbocycles. The number of ether oxygens (including phenoxy) is 1. The SMILES string of the molecule is O=C(OCC(=O)c1ccc[nH]1)c1cn(Cc2ccccc2)nn1. The Bertz CT molecular complexity index is 794. The number of rotatable bonds is 6. The number of ketones is 1. The number of esters is 1. The summed E-state index contributed by atoms with van der Waals surface area (Å²) in [6.45, 7) is 0.160. The maximum atomic E-state index is 11.9. The van der Waals surface area contributed by atoms with Gasteiger partial charge in [0.15, 0.2) is 12.3 Å². The minimum absolute atomic E-state index is 0.0696. The number of aromatic amines is 1. The number of benzene rings is 1. The lowest BCUT2D eigenvalue weighted by Crippen LogP contribution is -2.14. The Morgan fingerprint density at radius 2 is 1.96 bits per heavy atom. The summed E-state index contributed by atoms with van der Waals surface area (Å²) in [5.41, 5.74) is 1.50. The number of Topliss-reactive ketones (excluding diaryl/α,β-unsaturated/α-hetero) is 1. The smallest absolute Gasteiger partial charge is 0.360 e. The van der Waals surface area contributed by atoms with E-state index in [9.17, 15) is 9.59 Å². The van der Waals surface area contributed by atoms with Crippen LogP contribution in [0.25, 0.3) is 0 Å². The number of hydrogen-bond acceptors (Lipinski definition) is 5. The maximum Gasteiger partial charge on any atom is 0.360 e. The zero-order valence-corrected chi connectivity index (χ0v) is 12.2. The summed E-state index contributed by atoms with van der Waals surface area (Å²) in [4.78, 5) is 26.4. The first-order valence-electron chi connectivity index (χ1n) is 7.00. The van der Waals surface area contributed by atoms with Gasteiger partial charge in [0.05, 0.1) is 18.4 Å². The molecule has 0 saturated heterocycles. The van der Waals surface area contributed by atoms with Gasteiger partial charge in [-0.2, -0.15) is 0 Å². The first-order valence-corrected chi connectivity index (χ1v) is 7.00. The molecule has 1 N–H and O–H groups in total. The van der Waals surface area contributed by atoms with Crippen molar-refractivity contribution in [3.63, 3.8) is 0 Å². The molecule has 0 unspecified atom stereocenters. The summed E-state index contributed by atoms with van der Waals surface area (Å²) in [5.74, 6) is -0.982. The van der Waals surface area contributed by atoms with Crippen molar-refractivity contribution in [2.75, 3.05) is 6.61 Å². The minimum Gasteiger partial charge on any atom is -0.452 e. The molecule has 0 fully saturated rings. The Hall–Kier alpha value is -3.22. The van der Waals surface area contributed by atoms with Gasteiger partial charge in [0, 0.05) is 6.20 Å². The predicted molar refractivity (Wildman–Crippen MR) is 81.0 cm³/mol. The fourth-order valence-electron chi connectivity index (χ4n) is 2.03. The van der Waals surface area contributed by atoms with Crippen molar-refractivity contribution < 1.29 is 14.3 Å². The van der Waals surface area contributed by atoms with E-state index in [0.717, 1.165) is 5.56 Å². The highest BCUT2D eigenvalue weighted by Gasteiger charge is 2.15. The van der Waals surface area contributed by atoms with E-state index in [2.05, 4.69) is 15.3 Å². The van der Waals surface area contributed by atoms with Crippen molar-refractivity contribution >= 4 is 11.8 Å². The van der Waals surface area contributed by atoms with E-state index in [1.807, 2.05) is 30.3 Å². The molecule has 3 rings (SSSR count). The Balaban J connectivity index is 1.57. The number of carbonyl (C=O) groups is 2. The monoisotopic (exact) mass is 310 g/mol. The molecule has 7 nitrogen and oxygen atoms in total. The van der Waals surface area contributed by atoms with E-state index in [1.54, 1.807) is 23.0 Å². The third kappa shape index (κ3) is 3.70. The van der Waals surface area contributed by atoms with Gasteiger partial charge < -0.3 is 9.72 Å². The van der Waals surface area contributed by atoms with Crippen LogP contribution in [0.2, 0.25) is 0 Å². The Kier molecular flexibility index (Phi) is 4.28. The van der Waals surface area contributed by atoms with E-state index in [4.69, 9.17) is 4.74 Å². The second kappa shape index (κ2) is 6.69. The van der Waals surface area contributed by atoms with Gasteiger partial charge in [-0.1, -0.05) is 35.5 Å². The second-order valence-corrected chi connectivity index (χ2v) is 4.87. The topological polar surface area (TPSA) is 89.9 Å².